The number of hydrogen-bond acceptors (Lipinski definition) is 3. The van der Waals surface area contributed by atoms with E-state index in [1.165, 1.54) is 0 Å². The fourth-order valence-electron chi connectivity index (χ4n) is 2.44. The molecule has 24 heavy (non-hydrogen) atoms. The third-order valence-corrected chi connectivity index (χ3v) is 4.09. The second kappa shape index (κ2) is 7.40. The number of nitro groups is 1. The average molecular weight is 343 g/mol. The van der Waals surface area contributed by atoms with Gasteiger partial charge in [-0.2, -0.15) is 0 Å². The lowest BCUT2D eigenvalue weighted by Crippen LogP contribution is -2.21. The Balaban J connectivity index is 2.25. The molecule has 0 unspecified atom stereocenters. The maximum Gasteiger partial charge on any atom is 0.293 e. The zero-order chi connectivity index (χ0) is 17.9. The second-order valence-corrected chi connectivity index (χ2v) is 6.44. The van der Waals surface area contributed by atoms with Crippen molar-refractivity contribution in [1.82, 2.24) is 0 Å². The molecule has 2 aromatic carbocycles. The minimum atomic E-state index is -0.403. The van der Waals surface area contributed by atoms with Crippen LogP contribution in [0.25, 0.3) is 0 Å². The number of benzene rings is 2. The van der Waals surface area contributed by atoms with Gasteiger partial charge in [-0.05, 0) is 60.8 Å². The number of hydrogen-bond donors (Lipinski definition) is 2. The highest BCUT2D eigenvalue weighted by Crippen LogP contribution is 2.29. The topological polar surface area (TPSA) is 67.2 Å². The normalized spacial score (nSPS) is 10.5. The van der Waals surface area contributed by atoms with Crippen LogP contribution in [0, 0.1) is 24.0 Å². The van der Waals surface area contributed by atoms with E-state index in [9.17, 15) is 10.1 Å². The Kier molecular flexibility index (Phi) is 5.51. The van der Waals surface area contributed by atoms with Crippen molar-refractivity contribution in [3.05, 3.63) is 63.2 Å². The van der Waals surface area contributed by atoms with Gasteiger partial charge in [-0.25, -0.2) is 0 Å². The van der Waals surface area contributed by atoms with Gasteiger partial charge in [-0.3, -0.25) is 10.1 Å². The number of rotatable bonds is 4. The fourth-order valence-corrected chi connectivity index (χ4v) is 2.66. The number of nitrogens with zero attached hydrogens (tertiary/aromatic N) is 1. The van der Waals surface area contributed by atoms with Crippen LogP contribution >= 0.6 is 12.2 Å². The van der Waals surface area contributed by atoms with Crippen molar-refractivity contribution >= 4 is 34.4 Å². The van der Waals surface area contributed by atoms with Gasteiger partial charge in [-0.15, -0.1) is 0 Å². The first kappa shape index (κ1) is 17.9. The molecule has 5 nitrogen and oxygen atoms in total. The lowest BCUT2D eigenvalue weighted by atomic mass is 10.0. The van der Waals surface area contributed by atoms with Gasteiger partial charge < -0.3 is 10.6 Å². The number of nitrogens with one attached hydrogen (secondary N) is 2. The molecule has 0 fully saturated rings. The molecule has 0 aromatic heterocycles. The maximum absolute atomic E-state index is 11.3. The van der Waals surface area contributed by atoms with Gasteiger partial charge in [0.1, 0.15) is 5.69 Å². The molecule has 2 rings (SSSR count). The third-order valence-electron chi connectivity index (χ3n) is 3.89. The van der Waals surface area contributed by atoms with Crippen LogP contribution < -0.4 is 10.6 Å². The smallest absolute Gasteiger partial charge is 0.293 e. The summed E-state index contributed by atoms with van der Waals surface area (Å²) >= 11 is 5.34. The van der Waals surface area contributed by atoms with Crippen molar-refractivity contribution < 1.29 is 4.92 Å². The summed E-state index contributed by atoms with van der Waals surface area (Å²) < 4.78 is 0. The van der Waals surface area contributed by atoms with E-state index in [0.29, 0.717) is 16.7 Å². The van der Waals surface area contributed by atoms with E-state index in [1.807, 2.05) is 38.1 Å². The Morgan fingerprint density at radius 1 is 1.08 bits per heavy atom. The highest BCUT2D eigenvalue weighted by atomic mass is 32.1. The van der Waals surface area contributed by atoms with Crippen molar-refractivity contribution in [2.75, 3.05) is 10.6 Å². The van der Waals surface area contributed by atoms with Crippen molar-refractivity contribution in [1.29, 1.82) is 0 Å². The summed E-state index contributed by atoms with van der Waals surface area (Å²) in [6.45, 7) is 7.96. The van der Waals surface area contributed by atoms with E-state index in [0.717, 1.165) is 22.4 Å². The van der Waals surface area contributed by atoms with Gasteiger partial charge in [-0.1, -0.05) is 32.0 Å². The first-order valence-electron chi connectivity index (χ1n) is 7.72. The summed E-state index contributed by atoms with van der Waals surface area (Å²) in [5.74, 6) is 0.340. The molecule has 0 aliphatic rings. The van der Waals surface area contributed by atoms with Gasteiger partial charge in [0.2, 0.25) is 0 Å². The first-order chi connectivity index (χ1) is 11.3. The van der Waals surface area contributed by atoms with E-state index in [-0.39, 0.29) is 5.69 Å². The zero-order valence-corrected chi connectivity index (χ0v) is 15.0. The van der Waals surface area contributed by atoms with Crippen molar-refractivity contribution in [2.24, 2.45) is 0 Å². The van der Waals surface area contributed by atoms with Gasteiger partial charge in [0.15, 0.2) is 5.11 Å². The molecule has 0 aliphatic heterocycles. The molecule has 0 aliphatic carbocycles. The fraction of sp³-hybridized carbons (Fsp3) is 0.278. The summed E-state index contributed by atoms with van der Waals surface area (Å²) in [6, 6.07) is 11.2. The molecule has 0 saturated carbocycles. The Labute approximate surface area is 147 Å². The number of nitro benzene ring substituents is 1. The Morgan fingerprint density at radius 2 is 1.67 bits per heavy atom. The Hall–Kier alpha value is -2.47. The van der Waals surface area contributed by atoms with E-state index in [4.69, 9.17) is 12.2 Å². The molecular formula is C18H21N3O2S. The standard InChI is InChI=1S/C18H21N3O2S/c1-11(2)14-7-5-6-8-15(14)19-18(24)20-16-9-12(3)13(4)10-17(16)21(22)23/h5-11H,1-4H3,(H2,19,20,24). The van der Waals surface area contributed by atoms with Crippen LogP contribution in [-0.4, -0.2) is 10.0 Å². The molecule has 2 N–H and O–H groups in total. The monoisotopic (exact) mass is 343 g/mol. The molecule has 0 atom stereocenters. The van der Waals surface area contributed by atoms with Gasteiger partial charge >= 0.3 is 0 Å². The molecule has 0 amide bonds. The van der Waals surface area contributed by atoms with Crippen LogP contribution in [0.2, 0.25) is 0 Å². The number of aryl methyl sites for hydroxylation is 2. The Morgan fingerprint density at radius 3 is 2.29 bits per heavy atom. The van der Waals surface area contributed by atoms with E-state index >= 15 is 0 Å². The Bertz CT molecular complexity index is 788. The number of anilines is 2. The molecule has 126 valence electrons. The zero-order valence-electron chi connectivity index (χ0n) is 14.2. The van der Waals surface area contributed by atoms with Gasteiger partial charge in [0.05, 0.1) is 4.92 Å². The minimum absolute atomic E-state index is 0.0133. The van der Waals surface area contributed by atoms with Crippen LogP contribution in [0.5, 0.6) is 0 Å². The number of para-hydroxylation sites is 1. The SMILES string of the molecule is Cc1cc(NC(=S)Nc2ccccc2C(C)C)c([N+](=O)[O-])cc1C. The molecule has 0 heterocycles. The van der Waals surface area contributed by atoms with Crippen molar-refractivity contribution in [2.45, 2.75) is 33.6 Å². The first-order valence-corrected chi connectivity index (χ1v) is 8.13. The average Bonchev–Trinajstić information content (AvgIpc) is 2.50. The highest BCUT2D eigenvalue weighted by molar-refractivity contribution is 7.80. The van der Waals surface area contributed by atoms with Crippen molar-refractivity contribution in [3.63, 3.8) is 0 Å². The van der Waals surface area contributed by atoms with E-state index < -0.39 is 4.92 Å². The predicted octanol–water partition coefficient (Wildman–Crippen LogP) is 5.14. The lowest BCUT2D eigenvalue weighted by Gasteiger charge is -2.16. The molecular weight excluding hydrogens is 322 g/mol. The van der Waals surface area contributed by atoms with Crippen LogP contribution in [-0.2, 0) is 0 Å². The molecule has 0 spiro atoms. The van der Waals surface area contributed by atoms with Crippen molar-refractivity contribution in [3.8, 4) is 0 Å². The predicted molar refractivity (Wildman–Crippen MR) is 103 cm³/mol. The minimum Gasteiger partial charge on any atom is -0.332 e. The van der Waals surface area contributed by atoms with E-state index in [1.54, 1.807) is 12.1 Å². The molecule has 0 bridgehead atoms. The highest BCUT2D eigenvalue weighted by Gasteiger charge is 2.17. The summed E-state index contributed by atoms with van der Waals surface area (Å²) in [4.78, 5) is 10.9. The quantitative estimate of drug-likeness (QED) is 0.457. The van der Waals surface area contributed by atoms with Crippen LogP contribution in [0.1, 0.15) is 36.5 Å². The second-order valence-electron chi connectivity index (χ2n) is 6.03. The summed E-state index contributed by atoms with van der Waals surface area (Å²) in [5, 5.41) is 17.7. The van der Waals surface area contributed by atoms with Crippen LogP contribution in [0.4, 0.5) is 17.1 Å². The number of thiocarbonyl (C=S) groups is 1. The van der Waals surface area contributed by atoms with Crippen LogP contribution in [0.15, 0.2) is 36.4 Å². The van der Waals surface area contributed by atoms with Crippen LogP contribution in [0.3, 0.4) is 0 Å². The summed E-state index contributed by atoms with van der Waals surface area (Å²) in [7, 11) is 0. The maximum atomic E-state index is 11.3. The molecule has 0 radical (unpaired) electrons. The van der Waals surface area contributed by atoms with E-state index in [2.05, 4.69) is 24.5 Å². The van der Waals surface area contributed by atoms with Gasteiger partial charge in [0.25, 0.3) is 5.69 Å². The molecule has 6 heteroatoms. The molecule has 0 saturated heterocycles. The summed E-state index contributed by atoms with van der Waals surface area (Å²) in [5.41, 5.74) is 4.28. The molecule has 2 aromatic rings. The van der Waals surface area contributed by atoms with Gasteiger partial charge in [0, 0.05) is 11.8 Å². The largest absolute Gasteiger partial charge is 0.332 e. The third kappa shape index (κ3) is 4.08. The summed E-state index contributed by atoms with van der Waals surface area (Å²) in [6.07, 6.45) is 0. The lowest BCUT2D eigenvalue weighted by molar-refractivity contribution is -0.384.